The quantitative estimate of drug-likeness (QED) is 0.226. The molecular formula is C35H21N9. The Balaban J connectivity index is 1.37. The molecular weight excluding hydrogens is 546 g/mol. The van der Waals surface area contributed by atoms with Gasteiger partial charge in [-0.1, -0.05) is 48.5 Å². The van der Waals surface area contributed by atoms with Gasteiger partial charge >= 0.3 is 0 Å². The van der Waals surface area contributed by atoms with Gasteiger partial charge in [-0.2, -0.15) is 15.0 Å². The third kappa shape index (κ3) is 3.69. The molecule has 0 spiro atoms. The van der Waals surface area contributed by atoms with Crippen molar-refractivity contribution in [2.24, 2.45) is 0 Å². The number of pyridine rings is 4. The zero-order valence-electron chi connectivity index (χ0n) is 23.1. The first-order valence-corrected chi connectivity index (χ1v) is 14.2. The van der Waals surface area contributed by atoms with E-state index in [4.69, 9.17) is 34.9 Å². The molecule has 0 atom stereocenters. The van der Waals surface area contributed by atoms with Gasteiger partial charge in [0.2, 0.25) is 11.9 Å². The molecule has 9 heteroatoms. The highest BCUT2D eigenvalue weighted by Gasteiger charge is 2.22. The summed E-state index contributed by atoms with van der Waals surface area (Å²) in [5.41, 5.74) is 5.85. The van der Waals surface area contributed by atoms with Gasteiger partial charge in [-0.05, 0) is 65.7 Å². The molecule has 7 aromatic heterocycles. The Morgan fingerprint density at radius 3 is 1.27 bits per heavy atom. The number of aromatic nitrogens is 9. The van der Waals surface area contributed by atoms with Gasteiger partial charge in [0.1, 0.15) is 22.6 Å². The van der Waals surface area contributed by atoms with Gasteiger partial charge in [0.25, 0.3) is 0 Å². The normalized spacial score (nSPS) is 11.6. The highest BCUT2D eigenvalue weighted by molar-refractivity contribution is 6.07. The van der Waals surface area contributed by atoms with Gasteiger partial charge in [-0.15, -0.1) is 0 Å². The Morgan fingerprint density at radius 1 is 0.364 bits per heavy atom. The lowest BCUT2D eigenvalue weighted by Crippen LogP contribution is -2.11. The molecule has 206 valence electrons. The molecule has 0 radical (unpaired) electrons. The maximum Gasteiger partial charge on any atom is 0.242 e. The summed E-state index contributed by atoms with van der Waals surface area (Å²) in [5, 5.41) is 3.85. The van der Waals surface area contributed by atoms with Crippen LogP contribution >= 0.6 is 0 Å². The molecule has 0 aliphatic carbocycles. The average Bonchev–Trinajstić information content (AvgIpc) is 3.62. The summed E-state index contributed by atoms with van der Waals surface area (Å²) in [7, 11) is 0. The molecule has 0 aliphatic heterocycles. The summed E-state index contributed by atoms with van der Waals surface area (Å²) in [6.07, 6.45) is 7.07. The maximum absolute atomic E-state index is 5.07. The van der Waals surface area contributed by atoms with Crippen molar-refractivity contribution < 1.29 is 0 Å². The second-order valence-corrected chi connectivity index (χ2v) is 10.4. The van der Waals surface area contributed by atoms with Gasteiger partial charge in [0, 0.05) is 51.9 Å². The molecule has 0 bridgehead atoms. The topological polar surface area (TPSA) is 100 Å². The smallest absolute Gasteiger partial charge is 0.242 e. The predicted molar refractivity (Wildman–Crippen MR) is 171 cm³/mol. The van der Waals surface area contributed by atoms with Crippen molar-refractivity contribution >= 4 is 44.1 Å². The van der Waals surface area contributed by atoms with E-state index in [0.29, 0.717) is 40.3 Å². The van der Waals surface area contributed by atoms with Crippen LogP contribution in [0.2, 0.25) is 0 Å². The van der Waals surface area contributed by atoms with E-state index in [0.717, 1.165) is 38.2 Å². The molecule has 9 rings (SSSR count). The fourth-order valence-electron chi connectivity index (χ4n) is 5.87. The van der Waals surface area contributed by atoms with E-state index in [1.807, 2.05) is 88.0 Å². The van der Waals surface area contributed by atoms with Gasteiger partial charge in [-0.3, -0.25) is 0 Å². The number of benzene rings is 2. The molecule has 0 saturated carbocycles. The minimum atomic E-state index is 0.398. The molecule has 44 heavy (non-hydrogen) atoms. The highest BCUT2D eigenvalue weighted by Crippen LogP contribution is 2.32. The maximum atomic E-state index is 5.07. The zero-order valence-corrected chi connectivity index (χ0v) is 23.1. The Hall–Kier alpha value is -6.35. The molecule has 7 heterocycles. The Kier molecular flexibility index (Phi) is 5.30. The van der Waals surface area contributed by atoms with Crippen LogP contribution in [0, 0.1) is 0 Å². The molecule has 0 N–H and O–H groups in total. The van der Waals surface area contributed by atoms with E-state index in [2.05, 4.69) is 24.3 Å². The van der Waals surface area contributed by atoms with Gasteiger partial charge < -0.3 is 0 Å². The lowest BCUT2D eigenvalue weighted by atomic mass is 10.0. The third-order valence-electron chi connectivity index (χ3n) is 7.81. The zero-order chi connectivity index (χ0) is 29.0. The van der Waals surface area contributed by atoms with Crippen molar-refractivity contribution in [1.29, 1.82) is 0 Å². The van der Waals surface area contributed by atoms with Crippen LogP contribution < -0.4 is 0 Å². The Labute approximate surface area is 250 Å². The molecule has 2 aromatic carbocycles. The van der Waals surface area contributed by atoms with Crippen molar-refractivity contribution in [3.63, 3.8) is 0 Å². The first-order chi connectivity index (χ1) is 21.8. The van der Waals surface area contributed by atoms with E-state index in [1.165, 1.54) is 0 Å². The number of hydrogen-bond acceptors (Lipinski definition) is 7. The minimum Gasteiger partial charge on any atom is -0.245 e. The Bertz CT molecular complexity index is 2280. The first kappa shape index (κ1) is 24.3. The SMILES string of the molecule is c1ccc(-c2cccc(-c3nc(-n4c5ncccc5c5cccnc54)nc(-n4c5ncccc5c5cccnc54)n3)c2)cc1. The molecule has 0 amide bonds. The fraction of sp³-hybridized carbons (Fsp3) is 0. The van der Waals surface area contributed by atoms with Crippen LogP contribution in [-0.2, 0) is 0 Å². The summed E-state index contributed by atoms with van der Waals surface area (Å²) in [6, 6.07) is 34.3. The standard InChI is InChI=1S/C35H21N9/c1-2-9-22(10-3-1)23-11-4-12-24(21-23)29-40-34(43-30-25(13-5-17-36-30)26-14-6-18-37-31(26)43)42-35(41-29)44-32-27(15-7-19-38-32)28-16-8-20-39-33(28)44/h1-21H. The fourth-order valence-corrected chi connectivity index (χ4v) is 5.87. The van der Waals surface area contributed by atoms with Gasteiger partial charge in [-0.25, -0.2) is 29.1 Å². The van der Waals surface area contributed by atoms with Crippen LogP contribution in [0.4, 0.5) is 0 Å². The summed E-state index contributed by atoms with van der Waals surface area (Å²) in [6.45, 7) is 0. The molecule has 0 saturated heterocycles. The molecule has 0 unspecified atom stereocenters. The highest BCUT2D eigenvalue weighted by atomic mass is 15.3. The van der Waals surface area contributed by atoms with Crippen LogP contribution in [0.1, 0.15) is 0 Å². The Morgan fingerprint density at radius 2 is 0.795 bits per heavy atom. The van der Waals surface area contributed by atoms with Crippen LogP contribution in [-0.4, -0.2) is 44.0 Å². The first-order valence-electron chi connectivity index (χ1n) is 14.2. The molecule has 9 nitrogen and oxygen atoms in total. The van der Waals surface area contributed by atoms with E-state index in [-0.39, 0.29) is 0 Å². The van der Waals surface area contributed by atoms with Crippen molar-refractivity contribution in [1.82, 2.24) is 44.0 Å². The van der Waals surface area contributed by atoms with Crippen molar-refractivity contribution in [2.45, 2.75) is 0 Å². The van der Waals surface area contributed by atoms with Crippen LogP contribution in [0.25, 0.3) is 78.5 Å². The number of rotatable bonds is 4. The van der Waals surface area contributed by atoms with E-state index in [9.17, 15) is 0 Å². The number of nitrogens with zero attached hydrogens (tertiary/aromatic N) is 9. The lowest BCUT2D eigenvalue weighted by Gasteiger charge is -2.12. The number of hydrogen-bond donors (Lipinski definition) is 0. The number of fused-ring (bicyclic) bond motifs is 6. The van der Waals surface area contributed by atoms with Crippen molar-refractivity contribution in [3.8, 4) is 34.4 Å². The third-order valence-corrected chi connectivity index (χ3v) is 7.81. The summed E-state index contributed by atoms with van der Waals surface area (Å²) < 4.78 is 3.80. The molecule has 0 aliphatic rings. The van der Waals surface area contributed by atoms with Crippen molar-refractivity contribution in [2.75, 3.05) is 0 Å². The molecule has 9 aromatic rings. The largest absolute Gasteiger partial charge is 0.245 e. The van der Waals surface area contributed by atoms with Gasteiger partial charge in [0.05, 0.1) is 0 Å². The van der Waals surface area contributed by atoms with Gasteiger partial charge in [0.15, 0.2) is 5.82 Å². The summed E-state index contributed by atoms with van der Waals surface area (Å²) in [5.74, 6) is 1.30. The summed E-state index contributed by atoms with van der Waals surface area (Å²) in [4.78, 5) is 34.1. The van der Waals surface area contributed by atoms with E-state index < -0.39 is 0 Å². The van der Waals surface area contributed by atoms with Crippen LogP contribution in [0.3, 0.4) is 0 Å². The lowest BCUT2D eigenvalue weighted by molar-refractivity contribution is 0.875. The molecule has 0 fully saturated rings. The minimum absolute atomic E-state index is 0.398. The second kappa shape index (κ2) is 9.60. The van der Waals surface area contributed by atoms with Crippen molar-refractivity contribution in [3.05, 3.63) is 128 Å². The average molecular weight is 568 g/mol. The van der Waals surface area contributed by atoms with Crippen LogP contribution in [0.15, 0.2) is 128 Å². The predicted octanol–water partition coefficient (Wildman–Crippen LogP) is 6.98. The van der Waals surface area contributed by atoms with Crippen LogP contribution in [0.5, 0.6) is 0 Å². The van der Waals surface area contributed by atoms with E-state index in [1.54, 1.807) is 24.8 Å². The van der Waals surface area contributed by atoms with E-state index >= 15 is 0 Å². The second-order valence-electron chi connectivity index (χ2n) is 10.4. The monoisotopic (exact) mass is 567 g/mol. The summed E-state index contributed by atoms with van der Waals surface area (Å²) >= 11 is 0.